The second-order valence-corrected chi connectivity index (χ2v) is 6.29. The van der Waals surface area contributed by atoms with Gasteiger partial charge in [0.05, 0.1) is 6.04 Å². The Bertz CT molecular complexity index is 563. The molecule has 0 radical (unpaired) electrons. The van der Waals surface area contributed by atoms with Gasteiger partial charge in [-0.25, -0.2) is 0 Å². The van der Waals surface area contributed by atoms with Gasteiger partial charge >= 0.3 is 0 Å². The molecule has 0 aliphatic heterocycles. The Morgan fingerprint density at radius 2 is 1.58 bits per heavy atom. The first-order valence-electron chi connectivity index (χ1n) is 6.29. The highest BCUT2D eigenvalue weighted by molar-refractivity contribution is 9.10. The van der Waals surface area contributed by atoms with Crippen molar-refractivity contribution in [3.05, 3.63) is 68.7 Å². The normalized spacial score (nSPS) is 12.7. The molecule has 2 aromatic rings. The fourth-order valence-corrected chi connectivity index (χ4v) is 2.81. The highest BCUT2D eigenvalue weighted by atomic mass is 79.9. The number of nitrogens with two attached hydrogens (primary N) is 1. The summed E-state index contributed by atoms with van der Waals surface area (Å²) in [5, 5.41) is 0.690. The zero-order valence-electron chi connectivity index (χ0n) is 11.0. The molecule has 0 spiro atoms. The molecule has 19 heavy (non-hydrogen) atoms. The lowest BCUT2D eigenvalue weighted by atomic mass is 9.96. The molecule has 0 aliphatic rings. The third kappa shape index (κ3) is 3.38. The Kier molecular flexibility index (Phi) is 4.67. The molecule has 0 amide bonds. The Morgan fingerprint density at radius 1 is 1.00 bits per heavy atom. The van der Waals surface area contributed by atoms with Gasteiger partial charge in [-0.2, -0.15) is 0 Å². The monoisotopic (exact) mass is 337 g/mol. The number of benzene rings is 2. The van der Waals surface area contributed by atoms with Crippen LogP contribution in [0.2, 0.25) is 5.02 Å². The van der Waals surface area contributed by atoms with Gasteiger partial charge in [-0.15, -0.1) is 0 Å². The van der Waals surface area contributed by atoms with E-state index in [0.29, 0.717) is 10.9 Å². The molecule has 0 saturated heterocycles. The zero-order chi connectivity index (χ0) is 14.0. The molecule has 1 unspecified atom stereocenters. The molecule has 0 heterocycles. The highest BCUT2D eigenvalue weighted by Gasteiger charge is 2.13. The van der Waals surface area contributed by atoms with E-state index >= 15 is 0 Å². The van der Waals surface area contributed by atoms with Crippen LogP contribution in [0.15, 0.2) is 46.9 Å². The van der Waals surface area contributed by atoms with E-state index in [2.05, 4.69) is 54.0 Å². The smallest absolute Gasteiger partial charge is 0.0566 e. The van der Waals surface area contributed by atoms with E-state index in [1.807, 2.05) is 18.2 Å². The van der Waals surface area contributed by atoms with Crippen molar-refractivity contribution in [1.82, 2.24) is 0 Å². The van der Waals surface area contributed by atoms with Crippen LogP contribution in [-0.4, -0.2) is 0 Å². The van der Waals surface area contributed by atoms with Gasteiger partial charge in [-0.1, -0.05) is 71.7 Å². The standard InChI is InChI=1S/C16H17BrClN/c1-10(2)11-3-5-12(6-4-11)16(19)14-8-7-13(17)9-15(14)18/h3-10,16H,19H2,1-2H3. The van der Waals surface area contributed by atoms with E-state index in [4.69, 9.17) is 17.3 Å². The summed E-state index contributed by atoms with van der Waals surface area (Å²) in [6.07, 6.45) is 0. The maximum Gasteiger partial charge on any atom is 0.0566 e. The van der Waals surface area contributed by atoms with Crippen molar-refractivity contribution >= 4 is 27.5 Å². The van der Waals surface area contributed by atoms with Crippen LogP contribution in [0.1, 0.15) is 42.5 Å². The fraction of sp³-hybridized carbons (Fsp3) is 0.250. The van der Waals surface area contributed by atoms with Gasteiger partial charge in [0, 0.05) is 9.50 Å². The van der Waals surface area contributed by atoms with Crippen LogP contribution >= 0.6 is 27.5 Å². The summed E-state index contributed by atoms with van der Waals surface area (Å²) in [5.74, 6) is 0.529. The summed E-state index contributed by atoms with van der Waals surface area (Å²) in [7, 11) is 0. The minimum atomic E-state index is -0.193. The Hall–Kier alpha value is -0.830. The topological polar surface area (TPSA) is 26.0 Å². The SMILES string of the molecule is CC(C)c1ccc(C(N)c2ccc(Br)cc2Cl)cc1. The van der Waals surface area contributed by atoms with Crippen LogP contribution in [0.25, 0.3) is 0 Å². The molecule has 0 saturated carbocycles. The van der Waals surface area contributed by atoms with Gasteiger partial charge in [0.25, 0.3) is 0 Å². The summed E-state index contributed by atoms with van der Waals surface area (Å²) in [6, 6.07) is 14.0. The Labute approximate surface area is 127 Å². The zero-order valence-corrected chi connectivity index (χ0v) is 13.4. The van der Waals surface area contributed by atoms with Crippen molar-refractivity contribution < 1.29 is 0 Å². The Morgan fingerprint density at radius 3 is 2.11 bits per heavy atom. The summed E-state index contributed by atoms with van der Waals surface area (Å²) < 4.78 is 0.962. The van der Waals surface area contributed by atoms with Crippen LogP contribution in [0, 0.1) is 0 Å². The molecular weight excluding hydrogens is 322 g/mol. The third-order valence-corrected chi connectivity index (χ3v) is 4.08. The van der Waals surface area contributed by atoms with Crippen molar-refractivity contribution in [2.24, 2.45) is 5.73 Å². The first-order chi connectivity index (χ1) is 8.99. The summed E-state index contributed by atoms with van der Waals surface area (Å²) in [4.78, 5) is 0. The minimum absolute atomic E-state index is 0.193. The number of rotatable bonds is 3. The molecule has 0 aromatic heterocycles. The second-order valence-electron chi connectivity index (χ2n) is 4.96. The van der Waals surface area contributed by atoms with E-state index < -0.39 is 0 Å². The van der Waals surface area contributed by atoms with E-state index in [-0.39, 0.29) is 6.04 Å². The average molecular weight is 339 g/mol. The largest absolute Gasteiger partial charge is 0.320 e. The van der Waals surface area contributed by atoms with Crippen molar-refractivity contribution in [3.8, 4) is 0 Å². The molecule has 2 aromatic carbocycles. The average Bonchev–Trinajstić information content (AvgIpc) is 2.38. The van der Waals surface area contributed by atoms with Gasteiger partial charge in [-0.3, -0.25) is 0 Å². The molecule has 1 atom stereocenters. The minimum Gasteiger partial charge on any atom is -0.320 e. The summed E-state index contributed by atoms with van der Waals surface area (Å²) in [6.45, 7) is 4.36. The molecule has 2 N–H and O–H groups in total. The van der Waals surface area contributed by atoms with Crippen LogP contribution in [0.5, 0.6) is 0 Å². The van der Waals surface area contributed by atoms with E-state index in [1.54, 1.807) is 0 Å². The van der Waals surface area contributed by atoms with Gasteiger partial charge in [0.15, 0.2) is 0 Å². The second kappa shape index (κ2) is 6.08. The van der Waals surface area contributed by atoms with E-state index in [1.165, 1.54) is 5.56 Å². The molecule has 0 aliphatic carbocycles. The van der Waals surface area contributed by atoms with Crippen molar-refractivity contribution in [2.75, 3.05) is 0 Å². The first kappa shape index (κ1) is 14.6. The van der Waals surface area contributed by atoms with E-state index in [0.717, 1.165) is 15.6 Å². The molecule has 0 fully saturated rings. The number of halogens is 2. The van der Waals surface area contributed by atoms with Gasteiger partial charge in [-0.05, 0) is 34.7 Å². The molecule has 3 heteroatoms. The van der Waals surface area contributed by atoms with Gasteiger partial charge in [0.2, 0.25) is 0 Å². The lowest BCUT2D eigenvalue weighted by molar-refractivity contribution is 0.847. The summed E-state index contributed by atoms with van der Waals surface area (Å²) >= 11 is 9.65. The highest BCUT2D eigenvalue weighted by Crippen LogP contribution is 2.29. The maximum absolute atomic E-state index is 6.29. The van der Waals surface area contributed by atoms with Gasteiger partial charge < -0.3 is 5.73 Å². The van der Waals surface area contributed by atoms with Crippen LogP contribution in [0.3, 0.4) is 0 Å². The predicted octanol–water partition coefficient (Wildman–Crippen LogP) is 5.27. The summed E-state index contributed by atoms with van der Waals surface area (Å²) in [5.41, 5.74) is 9.63. The maximum atomic E-state index is 6.29. The lowest BCUT2D eigenvalue weighted by Gasteiger charge is -2.15. The molecule has 0 bridgehead atoms. The molecule has 1 nitrogen and oxygen atoms in total. The fourth-order valence-electron chi connectivity index (χ4n) is 2.02. The first-order valence-corrected chi connectivity index (χ1v) is 7.46. The molecular formula is C16H17BrClN. The molecule has 2 rings (SSSR count). The molecule has 100 valence electrons. The number of hydrogen-bond donors (Lipinski definition) is 1. The van der Waals surface area contributed by atoms with E-state index in [9.17, 15) is 0 Å². The van der Waals surface area contributed by atoms with Crippen molar-refractivity contribution in [1.29, 1.82) is 0 Å². The lowest BCUT2D eigenvalue weighted by Crippen LogP contribution is -2.12. The predicted molar refractivity (Wildman–Crippen MR) is 85.7 cm³/mol. The van der Waals surface area contributed by atoms with Crippen LogP contribution in [0.4, 0.5) is 0 Å². The van der Waals surface area contributed by atoms with Crippen molar-refractivity contribution in [3.63, 3.8) is 0 Å². The number of hydrogen-bond acceptors (Lipinski definition) is 1. The Balaban J connectivity index is 2.30. The quantitative estimate of drug-likeness (QED) is 0.810. The third-order valence-electron chi connectivity index (χ3n) is 3.26. The van der Waals surface area contributed by atoms with Crippen molar-refractivity contribution in [2.45, 2.75) is 25.8 Å². The van der Waals surface area contributed by atoms with Crippen LogP contribution < -0.4 is 5.73 Å². The van der Waals surface area contributed by atoms with Gasteiger partial charge in [0.1, 0.15) is 0 Å². The van der Waals surface area contributed by atoms with Crippen LogP contribution in [-0.2, 0) is 0 Å².